The number of carbonyl (C=O) groups excluding carboxylic acids is 2. The number of sulfonamides is 1. The molecule has 4 aromatic carbocycles. The molecule has 4 rings (SSSR count). The fourth-order valence-corrected chi connectivity index (χ4v) is 6.93. The van der Waals surface area contributed by atoms with E-state index in [4.69, 9.17) is 9.47 Å². The Bertz CT molecular complexity index is 1850. The second kappa shape index (κ2) is 16.5. The quantitative estimate of drug-likeness (QED) is 0.163. The number of ether oxygens (including phenoxy) is 2. The average molecular weight is 690 g/mol. The number of anilines is 1. The van der Waals surface area contributed by atoms with Crippen molar-refractivity contribution in [3.05, 3.63) is 119 Å². The second-order valence-electron chi connectivity index (χ2n) is 12.3. The summed E-state index contributed by atoms with van der Waals surface area (Å²) in [6.45, 7) is 6.99. The summed E-state index contributed by atoms with van der Waals surface area (Å²) in [6, 6.07) is 23.6. The zero-order valence-electron chi connectivity index (χ0n) is 28.8. The molecule has 2 amide bonds. The molecular weight excluding hydrogens is 645 g/mol. The largest absolute Gasteiger partial charge is 0.493 e. The zero-order valence-corrected chi connectivity index (χ0v) is 29.6. The summed E-state index contributed by atoms with van der Waals surface area (Å²) >= 11 is 0. The van der Waals surface area contributed by atoms with E-state index in [1.54, 1.807) is 30.3 Å². The molecule has 0 aliphatic carbocycles. The van der Waals surface area contributed by atoms with Crippen molar-refractivity contribution in [2.45, 2.75) is 51.6 Å². The Morgan fingerprint density at radius 2 is 1.47 bits per heavy atom. The first-order valence-corrected chi connectivity index (χ1v) is 17.5. The Morgan fingerprint density at radius 1 is 0.837 bits per heavy atom. The molecule has 49 heavy (non-hydrogen) atoms. The number of nitrogens with zero attached hydrogens (tertiary/aromatic N) is 2. The van der Waals surface area contributed by atoms with Crippen LogP contribution in [-0.4, -0.2) is 58.5 Å². The van der Waals surface area contributed by atoms with E-state index in [0.717, 1.165) is 21.0 Å². The summed E-state index contributed by atoms with van der Waals surface area (Å²) in [5.74, 6) is -1.01. The smallest absolute Gasteiger partial charge is 0.264 e. The summed E-state index contributed by atoms with van der Waals surface area (Å²) < 4.78 is 55.8. The highest BCUT2D eigenvalue weighted by Gasteiger charge is 2.35. The average Bonchev–Trinajstić information content (AvgIpc) is 3.07. The van der Waals surface area contributed by atoms with Crippen LogP contribution in [0.5, 0.6) is 11.5 Å². The van der Waals surface area contributed by atoms with Gasteiger partial charge in [-0.25, -0.2) is 12.8 Å². The van der Waals surface area contributed by atoms with Gasteiger partial charge in [0.05, 0.1) is 24.8 Å². The first kappa shape index (κ1) is 36.9. The Labute approximate surface area is 288 Å². The number of benzene rings is 4. The Hall–Kier alpha value is -4.90. The highest BCUT2D eigenvalue weighted by molar-refractivity contribution is 7.92. The van der Waals surface area contributed by atoms with Crippen molar-refractivity contribution in [2.75, 3.05) is 31.6 Å². The number of aryl methyl sites for hydroxylation is 2. The first-order chi connectivity index (χ1) is 23.3. The van der Waals surface area contributed by atoms with E-state index in [9.17, 15) is 18.0 Å². The number of methoxy groups -OCH3 is 2. The number of hydrogen-bond donors (Lipinski definition) is 1. The predicted octanol–water partition coefficient (Wildman–Crippen LogP) is 6.07. The fraction of sp³-hybridized carbons (Fsp3) is 0.316. The minimum atomic E-state index is -4.41. The van der Waals surface area contributed by atoms with Gasteiger partial charge < -0.3 is 19.7 Å². The summed E-state index contributed by atoms with van der Waals surface area (Å²) in [4.78, 5) is 29.7. The van der Waals surface area contributed by atoms with E-state index in [0.29, 0.717) is 12.3 Å². The van der Waals surface area contributed by atoms with Gasteiger partial charge in [-0.05, 0) is 66.8 Å². The van der Waals surface area contributed by atoms with Crippen LogP contribution in [0, 0.1) is 25.6 Å². The van der Waals surface area contributed by atoms with Crippen LogP contribution in [0.3, 0.4) is 0 Å². The molecule has 0 spiro atoms. The SMILES string of the molecule is COc1ccc(S(=O)(=O)N(CC(=O)N(Cc2ccccc2F)[C@H](Cc2ccccc2)C(=O)NCC(C)C)c2cc(C)cc(C)c2)cc1OC. The number of carbonyl (C=O) groups is 2. The van der Waals surface area contributed by atoms with Crippen LogP contribution in [0.15, 0.2) is 95.9 Å². The van der Waals surface area contributed by atoms with Gasteiger partial charge in [0.15, 0.2) is 11.5 Å². The van der Waals surface area contributed by atoms with Crippen molar-refractivity contribution in [1.29, 1.82) is 0 Å². The summed E-state index contributed by atoms with van der Waals surface area (Å²) in [5, 5.41) is 2.93. The third-order valence-corrected chi connectivity index (χ3v) is 9.74. The third-order valence-electron chi connectivity index (χ3n) is 7.97. The van der Waals surface area contributed by atoms with Gasteiger partial charge in [0, 0.05) is 31.1 Å². The third kappa shape index (κ3) is 9.38. The molecule has 0 aliphatic heterocycles. The van der Waals surface area contributed by atoms with Crippen LogP contribution in [0.25, 0.3) is 0 Å². The molecule has 0 aromatic heterocycles. The maximum absolute atomic E-state index is 15.2. The molecule has 1 atom stereocenters. The second-order valence-corrected chi connectivity index (χ2v) is 14.2. The molecular formula is C38H44FN3O6S. The Kier molecular flexibility index (Phi) is 12.4. The van der Waals surface area contributed by atoms with Gasteiger partial charge in [-0.1, -0.05) is 68.4 Å². The zero-order chi connectivity index (χ0) is 35.7. The minimum Gasteiger partial charge on any atom is -0.493 e. The molecule has 0 radical (unpaired) electrons. The van der Waals surface area contributed by atoms with Crippen molar-refractivity contribution in [3.63, 3.8) is 0 Å². The van der Waals surface area contributed by atoms with Crippen LogP contribution in [-0.2, 0) is 32.6 Å². The molecule has 0 saturated carbocycles. The van der Waals surface area contributed by atoms with Gasteiger partial charge in [0.25, 0.3) is 10.0 Å². The lowest BCUT2D eigenvalue weighted by Crippen LogP contribution is -2.53. The Morgan fingerprint density at radius 3 is 2.08 bits per heavy atom. The van der Waals surface area contributed by atoms with E-state index >= 15 is 4.39 Å². The van der Waals surface area contributed by atoms with Gasteiger partial charge >= 0.3 is 0 Å². The molecule has 0 bridgehead atoms. The van der Waals surface area contributed by atoms with Crippen molar-refractivity contribution in [2.24, 2.45) is 5.92 Å². The van der Waals surface area contributed by atoms with E-state index in [1.165, 1.54) is 43.4 Å². The van der Waals surface area contributed by atoms with Crippen LogP contribution < -0.4 is 19.1 Å². The maximum Gasteiger partial charge on any atom is 0.264 e. The lowest BCUT2D eigenvalue weighted by Gasteiger charge is -2.34. The van der Waals surface area contributed by atoms with Crippen molar-refractivity contribution >= 4 is 27.5 Å². The molecule has 0 heterocycles. The molecule has 0 aliphatic rings. The van der Waals surface area contributed by atoms with E-state index < -0.39 is 40.2 Å². The van der Waals surface area contributed by atoms with Crippen molar-refractivity contribution in [3.8, 4) is 11.5 Å². The van der Waals surface area contributed by atoms with Crippen molar-refractivity contribution in [1.82, 2.24) is 10.2 Å². The number of amides is 2. The molecule has 0 fully saturated rings. The highest BCUT2D eigenvalue weighted by Crippen LogP contribution is 2.33. The molecule has 0 unspecified atom stereocenters. The number of rotatable bonds is 15. The normalized spacial score (nSPS) is 11.9. The number of halogens is 1. The van der Waals surface area contributed by atoms with Crippen LogP contribution in [0.2, 0.25) is 0 Å². The molecule has 11 heteroatoms. The van der Waals surface area contributed by atoms with Crippen LogP contribution in [0.4, 0.5) is 10.1 Å². The van der Waals surface area contributed by atoms with Crippen LogP contribution in [0.1, 0.15) is 36.1 Å². The van der Waals surface area contributed by atoms with Gasteiger partial charge in [-0.2, -0.15) is 0 Å². The molecule has 4 aromatic rings. The first-order valence-electron chi connectivity index (χ1n) is 16.0. The maximum atomic E-state index is 15.2. The monoisotopic (exact) mass is 689 g/mol. The number of nitrogens with one attached hydrogen (secondary N) is 1. The topological polar surface area (TPSA) is 105 Å². The summed E-state index contributed by atoms with van der Waals surface area (Å²) in [7, 11) is -1.56. The Balaban J connectivity index is 1.86. The molecule has 0 saturated heterocycles. The fourth-order valence-electron chi connectivity index (χ4n) is 5.51. The number of hydrogen-bond acceptors (Lipinski definition) is 6. The molecule has 9 nitrogen and oxygen atoms in total. The highest BCUT2D eigenvalue weighted by atomic mass is 32.2. The van der Waals surface area contributed by atoms with Gasteiger partial charge in [-0.15, -0.1) is 0 Å². The lowest BCUT2D eigenvalue weighted by molar-refractivity contribution is -0.140. The van der Waals surface area contributed by atoms with Crippen LogP contribution >= 0.6 is 0 Å². The van der Waals surface area contributed by atoms with E-state index in [-0.39, 0.29) is 40.8 Å². The molecule has 1 N–H and O–H groups in total. The standard InChI is InChI=1S/C38H44FN3O6S/c1-26(2)23-40-38(44)34(21-29-12-8-7-9-13-29)41(24-30-14-10-11-15-33(30)39)37(43)25-42(31-19-27(3)18-28(4)20-31)49(45,46)32-16-17-35(47-5)36(22-32)48-6/h7-20,22,26,34H,21,23-25H2,1-6H3,(H,40,44)/t34-/m1/s1. The predicted molar refractivity (Wildman–Crippen MR) is 189 cm³/mol. The van der Waals surface area contributed by atoms with E-state index in [2.05, 4.69) is 5.32 Å². The summed E-state index contributed by atoms with van der Waals surface area (Å²) in [5.41, 5.74) is 2.80. The lowest BCUT2D eigenvalue weighted by atomic mass is 10.0. The summed E-state index contributed by atoms with van der Waals surface area (Å²) in [6.07, 6.45) is 0.122. The van der Waals surface area contributed by atoms with Gasteiger partial charge in [-0.3, -0.25) is 13.9 Å². The van der Waals surface area contributed by atoms with Gasteiger partial charge in [0.1, 0.15) is 18.4 Å². The van der Waals surface area contributed by atoms with Gasteiger partial charge in [0.2, 0.25) is 11.8 Å². The van der Waals surface area contributed by atoms with Crippen molar-refractivity contribution < 1.29 is 31.9 Å². The molecule has 260 valence electrons. The van der Waals surface area contributed by atoms with E-state index in [1.807, 2.05) is 64.1 Å². The minimum absolute atomic E-state index is 0.122.